The molecule has 2 rings (SSSR count). The minimum Gasteiger partial charge on any atom is -0.377 e. The second-order valence-electron chi connectivity index (χ2n) is 2.84. The van der Waals surface area contributed by atoms with Crippen molar-refractivity contribution < 1.29 is 4.79 Å². The number of amides is 2. The Labute approximate surface area is 80.8 Å². The Morgan fingerprint density at radius 3 is 3.15 bits per heavy atom. The second kappa shape index (κ2) is 3.33. The average molecular weight is 197 g/mol. The van der Waals surface area contributed by atoms with Gasteiger partial charge >= 0.3 is 6.03 Å². The Morgan fingerprint density at radius 1 is 1.69 bits per heavy atom. The van der Waals surface area contributed by atoms with E-state index in [1.165, 1.54) is 0 Å². The third-order valence-electron chi connectivity index (χ3n) is 1.99. The molecule has 5 heteroatoms. The molecule has 2 aliphatic rings. The summed E-state index contributed by atoms with van der Waals surface area (Å²) >= 11 is 1.73. The molecule has 0 bridgehead atoms. The number of nitrogens with one attached hydrogen (secondary N) is 1. The van der Waals surface area contributed by atoms with Gasteiger partial charge < -0.3 is 11.1 Å². The van der Waals surface area contributed by atoms with Crippen molar-refractivity contribution >= 4 is 17.8 Å². The Balaban J connectivity index is 2.25. The van der Waals surface area contributed by atoms with Crippen molar-refractivity contribution in [1.82, 2.24) is 10.2 Å². The Hall–Kier alpha value is -1.10. The van der Waals surface area contributed by atoms with Gasteiger partial charge in [-0.2, -0.15) is 0 Å². The molecular weight excluding hydrogens is 186 g/mol. The predicted octanol–water partition coefficient (Wildman–Crippen LogP) is 0.442. The van der Waals surface area contributed by atoms with Gasteiger partial charge in [-0.15, -0.1) is 11.8 Å². The van der Waals surface area contributed by atoms with Gasteiger partial charge in [0, 0.05) is 18.8 Å². The maximum atomic E-state index is 11.0. The van der Waals surface area contributed by atoms with Crippen LogP contribution in [0.4, 0.5) is 4.79 Å². The van der Waals surface area contributed by atoms with Crippen LogP contribution in [0.3, 0.4) is 0 Å². The summed E-state index contributed by atoms with van der Waals surface area (Å²) in [6.45, 7) is 1.56. The van der Waals surface area contributed by atoms with E-state index in [0.29, 0.717) is 6.54 Å². The van der Waals surface area contributed by atoms with Crippen molar-refractivity contribution in [2.45, 2.75) is 0 Å². The van der Waals surface area contributed by atoms with Crippen LogP contribution in [-0.2, 0) is 0 Å². The number of nitrogens with two attached hydrogens (primary N) is 1. The molecule has 0 aromatic heterocycles. The first kappa shape index (κ1) is 8.50. The van der Waals surface area contributed by atoms with E-state index in [0.717, 1.165) is 23.0 Å². The summed E-state index contributed by atoms with van der Waals surface area (Å²) in [6, 6.07) is -0.387. The fourth-order valence-electron chi connectivity index (χ4n) is 1.40. The summed E-state index contributed by atoms with van der Waals surface area (Å²) in [4.78, 5) is 12.6. The lowest BCUT2D eigenvalue weighted by atomic mass is 10.4. The normalized spacial score (nSPS) is 26.6. The zero-order valence-corrected chi connectivity index (χ0v) is 7.93. The molecule has 70 valence electrons. The van der Waals surface area contributed by atoms with Crippen molar-refractivity contribution in [3.8, 4) is 0 Å². The summed E-state index contributed by atoms with van der Waals surface area (Å²) < 4.78 is 0. The standard InChI is InChI=1S/C8H11N3OS/c9-8(12)11-4-1-2-6(11)7-10-3-5-13-7/h1-2,10H,3-5H2,(H2,9,12). The topological polar surface area (TPSA) is 58.4 Å². The molecule has 2 heterocycles. The number of rotatable bonds is 0. The molecule has 0 aliphatic carbocycles. The number of carbonyl (C=O) groups is 1. The van der Waals surface area contributed by atoms with Crippen LogP contribution in [0.25, 0.3) is 0 Å². The molecule has 2 aliphatic heterocycles. The van der Waals surface area contributed by atoms with Gasteiger partial charge in [0.05, 0.1) is 10.7 Å². The van der Waals surface area contributed by atoms with Crippen LogP contribution < -0.4 is 11.1 Å². The van der Waals surface area contributed by atoms with E-state index in [4.69, 9.17) is 5.73 Å². The van der Waals surface area contributed by atoms with Crippen molar-refractivity contribution in [2.24, 2.45) is 5.73 Å². The fraction of sp³-hybridized carbons (Fsp3) is 0.375. The third-order valence-corrected chi connectivity index (χ3v) is 3.04. The van der Waals surface area contributed by atoms with Crippen molar-refractivity contribution in [3.63, 3.8) is 0 Å². The number of nitrogens with zero attached hydrogens (tertiary/aromatic N) is 1. The van der Waals surface area contributed by atoms with Crippen molar-refractivity contribution in [3.05, 3.63) is 22.9 Å². The minimum atomic E-state index is -0.387. The second-order valence-corrected chi connectivity index (χ2v) is 3.95. The lowest BCUT2D eigenvalue weighted by molar-refractivity contribution is 0.227. The highest BCUT2D eigenvalue weighted by Crippen LogP contribution is 2.26. The van der Waals surface area contributed by atoms with Crippen LogP contribution >= 0.6 is 11.8 Å². The van der Waals surface area contributed by atoms with E-state index in [1.54, 1.807) is 16.7 Å². The number of urea groups is 1. The molecule has 4 nitrogen and oxygen atoms in total. The molecule has 0 unspecified atom stereocenters. The van der Waals surface area contributed by atoms with E-state index < -0.39 is 0 Å². The van der Waals surface area contributed by atoms with E-state index >= 15 is 0 Å². The first-order chi connectivity index (χ1) is 6.29. The quantitative estimate of drug-likeness (QED) is 0.592. The fourth-order valence-corrected chi connectivity index (χ4v) is 2.34. The minimum absolute atomic E-state index is 0.387. The van der Waals surface area contributed by atoms with Crippen LogP contribution in [0.15, 0.2) is 22.9 Å². The molecule has 3 N–H and O–H groups in total. The average Bonchev–Trinajstić information content (AvgIpc) is 2.74. The van der Waals surface area contributed by atoms with Crippen LogP contribution in [0.1, 0.15) is 0 Å². The SMILES string of the molecule is NC(=O)N1CC=CC1=C1NCCS1. The van der Waals surface area contributed by atoms with Crippen molar-refractivity contribution in [2.75, 3.05) is 18.8 Å². The molecule has 0 saturated carbocycles. The van der Waals surface area contributed by atoms with Crippen LogP contribution in [0.2, 0.25) is 0 Å². The number of thioether (sulfide) groups is 1. The summed E-state index contributed by atoms with van der Waals surface area (Å²) in [7, 11) is 0. The number of carbonyl (C=O) groups excluding carboxylic acids is 1. The first-order valence-electron chi connectivity index (χ1n) is 4.13. The largest absolute Gasteiger partial charge is 0.377 e. The molecule has 2 amide bonds. The van der Waals surface area contributed by atoms with Gasteiger partial charge in [0.1, 0.15) is 0 Å². The van der Waals surface area contributed by atoms with Gasteiger partial charge in [0.25, 0.3) is 0 Å². The van der Waals surface area contributed by atoms with Gasteiger partial charge in [0.2, 0.25) is 0 Å². The number of hydrogen-bond donors (Lipinski definition) is 2. The van der Waals surface area contributed by atoms with Gasteiger partial charge in [-0.25, -0.2) is 4.79 Å². The summed E-state index contributed by atoms with van der Waals surface area (Å²) in [5.41, 5.74) is 6.14. The molecule has 1 fully saturated rings. The smallest absolute Gasteiger partial charge is 0.319 e. The molecule has 0 aromatic rings. The zero-order chi connectivity index (χ0) is 9.26. The van der Waals surface area contributed by atoms with E-state index in [2.05, 4.69) is 5.32 Å². The number of allylic oxidation sites excluding steroid dienone is 1. The van der Waals surface area contributed by atoms with Crippen LogP contribution in [0, 0.1) is 0 Å². The van der Waals surface area contributed by atoms with Gasteiger partial charge in [0.15, 0.2) is 0 Å². The maximum absolute atomic E-state index is 11.0. The highest BCUT2D eigenvalue weighted by atomic mass is 32.2. The first-order valence-corrected chi connectivity index (χ1v) is 5.12. The van der Waals surface area contributed by atoms with Gasteiger partial charge in [-0.1, -0.05) is 6.08 Å². The highest BCUT2D eigenvalue weighted by Gasteiger charge is 2.22. The zero-order valence-electron chi connectivity index (χ0n) is 7.12. The Bertz CT molecular complexity index is 290. The summed E-state index contributed by atoms with van der Waals surface area (Å²) in [5.74, 6) is 1.05. The van der Waals surface area contributed by atoms with Crippen LogP contribution in [0.5, 0.6) is 0 Å². The lowest BCUT2D eigenvalue weighted by Gasteiger charge is -2.16. The lowest BCUT2D eigenvalue weighted by Crippen LogP contribution is -2.33. The molecule has 0 radical (unpaired) electrons. The molecular formula is C8H11N3OS. The van der Waals surface area contributed by atoms with Gasteiger partial charge in [-0.3, -0.25) is 4.90 Å². The van der Waals surface area contributed by atoms with Gasteiger partial charge in [-0.05, 0) is 6.08 Å². The van der Waals surface area contributed by atoms with Crippen LogP contribution in [-0.4, -0.2) is 29.8 Å². The molecule has 0 aromatic carbocycles. The monoisotopic (exact) mass is 197 g/mol. The number of hydrogen-bond acceptors (Lipinski definition) is 3. The molecule has 1 saturated heterocycles. The number of primary amides is 1. The molecule has 13 heavy (non-hydrogen) atoms. The van der Waals surface area contributed by atoms with E-state index in [-0.39, 0.29) is 6.03 Å². The summed E-state index contributed by atoms with van der Waals surface area (Å²) in [6.07, 6.45) is 3.87. The summed E-state index contributed by atoms with van der Waals surface area (Å²) in [5, 5.41) is 4.29. The molecule has 0 spiro atoms. The maximum Gasteiger partial charge on any atom is 0.319 e. The Kier molecular flexibility index (Phi) is 2.18. The highest BCUT2D eigenvalue weighted by molar-refractivity contribution is 8.03. The predicted molar refractivity (Wildman–Crippen MR) is 52.9 cm³/mol. The van der Waals surface area contributed by atoms with E-state index in [1.807, 2.05) is 12.2 Å². The Morgan fingerprint density at radius 2 is 2.54 bits per heavy atom. The van der Waals surface area contributed by atoms with Crippen molar-refractivity contribution in [1.29, 1.82) is 0 Å². The van der Waals surface area contributed by atoms with E-state index in [9.17, 15) is 4.79 Å². The third kappa shape index (κ3) is 1.51. The molecule has 0 atom stereocenters.